The van der Waals surface area contributed by atoms with Gasteiger partial charge in [0.2, 0.25) is 5.82 Å². The van der Waals surface area contributed by atoms with Crippen molar-refractivity contribution >= 4 is 17.2 Å². The molecule has 1 atom stereocenters. The second-order valence-corrected chi connectivity index (χ2v) is 6.41. The number of benzene rings is 1. The molecule has 6 nitrogen and oxygen atoms in total. The summed E-state index contributed by atoms with van der Waals surface area (Å²) >= 11 is 0. The number of aromatic nitrogens is 1. The minimum atomic E-state index is -0.316. The molecule has 0 amide bonds. The maximum absolute atomic E-state index is 11.4. The molecular weight excluding hydrogens is 292 g/mol. The van der Waals surface area contributed by atoms with Crippen LogP contribution in [0.2, 0.25) is 0 Å². The highest BCUT2D eigenvalue weighted by Gasteiger charge is 2.45. The lowest BCUT2D eigenvalue weighted by molar-refractivity contribution is -0.384. The Kier molecular flexibility index (Phi) is 3.01. The van der Waals surface area contributed by atoms with Crippen molar-refractivity contribution in [2.45, 2.75) is 18.8 Å². The van der Waals surface area contributed by atoms with Crippen LogP contribution in [0.1, 0.15) is 17.5 Å². The van der Waals surface area contributed by atoms with Crippen LogP contribution < -0.4 is 10.2 Å². The maximum Gasteiger partial charge on any atom is 0.314 e. The quantitative estimate of drug-likeness (QED) is 0.682. The number of nitrogens with zero attached hydrogens (tertiary/aromatic N) is 3. The van der Waals surface area contributed by atoms with Crippen molar-refractivity contribution in [1.82, 2.24) is 4.98 Å². The Morgan fingerprint density at radius 1 is 1.35 bits per heavy atom. The average Bonchev–Trinajstić information content (AvgIpc) is 3.13. The summed E-state index contributed by atoms with van der Waals surface area (Å²) in [6.45, 7) is 4.19. The van der Waals surface area contributed by atoms with Crippen molar-refractivity contribution in [3.63, 3.8) is 0 Å². The van der Waals surface area contributed by atoms with Gasteiger partial charge in [-0.25, -0.2) is 4.98 Å². The number of hydrogen-bond acceptors (Lipinski definition) is 5. The zero-order valence-electron chi connectivity index (χ0n) is 13.0. The van der Waals surface area contributed by atoms with Crippen LogP contribution >= 0.6 is 0 Å². The van der Waals surface area contributed by atoms with E-state index in [4.69, 9.17) is 0 Å². The Morgan fingerprint density at radius 2 is 2.17 bits per heavy atom. The molecule has 4 rings (SSSR count). The van der Waals surface area contributed by atoms with E-state index in [0.29, 0.717) is 11.4 Å². The lowest BCUT2D eigenvalue weighted by Gasteiger charge is -2.24. The molecule has 2 aliphatic heterocycles. The van der Waals surface area contributed by atoms with Crippen molar-refractivity contribution in [1.29, 1.82) is 0 Å². The second kappa shape index (κ2) is 4.94. The van der Waals surface area contributed by atoms with Crippen LogP contribution in [0.4, 0.5) is 17.2 Å². The minimum absolute atomic E-state index is 0.0237. The van der Waals surface area contributed by atoms with Crippen molar-refractivity contribution in [2.24, 2.45) is 0 Å². The standard InChI is InChI=1S/C17H18N4O2/c1-12-6-8-18-16(15(12)21(22)23)20-9-7-17(11-20)10-19-14-5-3-2-4-13(14)17/h2-6,8,19H,7,9-11H2,1H3. The zero-order valence-corrected chi connectivity index (χ0v) is 13.0. The normalized spacial score (nSPS) is 22.2. The van der Waals surface area contributed by atoms with Crippen molar-refractivity contribution in [3.05, 3.63) is 57.8 Å². The van der Waals surface area contributed by atoms with E-state index < -0.39 is 0 Å². The molecule has 1 spiro atoms. The van der Waals surface area contributed by atoms with Crippen LogP contribution in [-0.2, 0) is 5.41 Å². The highest BCUT2D eigenvalue weighted by molar-refractivity contribution is 5.66. The molecule has 1 unspecified atom stereocenters. The van der Waals surface area contributed by atoms with Gasteiger partial charge in [0.1, 0.15) is 0 Å². The first-order valence-electron chi connectivity index (χ1n) is 7.79. The number of hydrogen-bond donors (Lipinski definition) is 1. The summed E-state index contributed by atoms with van der Waals surface area (Å²) in [6, 6.07) is 10.0. The van der Waals surface area contributed by atoms with Gasteiger partial charge >= 0.3 is 5.69 Å². The number of pyridine rings is 1. The highest BCUT2D eigenvalue weighted by Crippen LogP contribution is 2.45. The molecule has 0 aliphatic carbocycles. The summed E-state index contributed by atoms with van der Waals surface area (Å²) < 4.78 is 0. The number of para-hydroxylation sites is 1. The first-order valence-corrected chi connectivity index (χ1v) is 7.79. The summed E-state index contributed by atoms with van der Waals surface area (Å²) in [5, 5.41) is 14.9. The number of fused-ring (bicyclic) bond motifs is 2. The van der Waals surface area contributed by atoms with Crippen molar-refractivity contribution in [2.75, 3.05) is 29.9 Å². The lowest BCUT2D eigenvalue weighted by Crippen LogP contribution is -2.33. The zero-order chi connectivity index (χ0) is 16.0. The van der Waals surface area contributed by atoms with Gasteiger partial charge in [0.15, 0.2) is 0 Å². The molecule has 1 aromatic heterocycles. The molecule has 1 fully saturated rings. The molecule has 0 radical (unpaired) electrons. The van der Waals surface area contributed by atoms with E-state index in [1.807, 2.05) is 6.07 Å². The summed E-state index contributed by atoms with van der Waals surface area (Å²) in [4.78, 5) is 17.5. The molecule has 23 heavy (non-hydrogen) atoms. The number of rotatable bonds is 2. The number of nitro groups is 1. The third-order valence-electron chi connectivity index (χ3n) is 5.06. The fourth-order valence-electron chi connectivity index (χ4n) is 3.87. The van der Waals surface area contributed by atoms with Crippen LogP contribution in [0.5, 0.6) is 0 Å². The number of nitrogens with one attached hydrogen (secondary N) is 1. The van der Waals surface area contributed by atoms with Gasteiger partial charge in [-0.15, -0.1) is 0 Å². The van der Waals surface area contributed by atoms with Gasteiger partial charge in [-0.3, -0.25) is 10.1 Å². The van der Waals surface area contributed by atoms with E-state index in [-0.39, 0.29) is 16.0 Å². The van der Waals surface area contributed by atoms with Crippen LogP contribution in [0.25, 0.3) is 0 Å². The topological polar surface area (TPSA) is 71.3 Å². The number of aryl methyl sites for hydroxylation is 1. The van der Waals surface area contributed by atoms with Gasteiger partial charge in [0.05, 0.1) is 4.92 Å². The first-order chi connectivity index (χ1) is 11.1. The highest BCUT2D eigenvalue weighted by atomic mass is 16.6. The van der Waals surface area contributed by atoms with Crippen LogP contribution in [0.15, 0.2) is 36.5 Å². The third kappa shape index (κ3) is 2.05. The smallest absolute Gasteiger partial charge is 0.314 e. The molecular formula is C17H18N4O2. The minimum Gasteiger partial charge on any atom is -0.384 e. The van der Waals surface area contributed by atoms with Gasteiger partial charge in [0, 0.05) is 42.5 Å². The molecule has 2 aromatic rings. The van der Waals surface area contributed by atoms with Gasteiger partial charge in [-0.05, 0) is 31.0 Å². The fourth-order valence-corrected chi connectivity index (χ4v) is 3.87. The second-order valence-electron chi connectivity index (χ2n) is 6.41. The van der Waals surface area contributed by atoms with Crippen LogP contribution in [-0.4, -0.2) is 29.5 Å². The fraction of sp³-hybridized carbons (Fsp3) is 0.353. The van der Waals surface area contributed by atoms with Crippen molar-refractivity contribution in [3.8, 4) is 0 Å². The van der Waals surface area contributed by atoms with Crippen LogP contribution in [0.3, 0.4) is 0 Å². The molecule has 118 valence electrons. The molecule has 1 aromatic carbocycles. The molecule has 2 aliphatic rings. The van der Waals surface area contributed by atoms with E-state index in [9.17, 15) is 10.1 Å². The predicted molar refractivity (Wildman–Crippen MR) is 89.1 cm³/mol. The average molecular weight is 310 g/mol. The molecule has 0 saturated carbocycles. The molecule has 6 heteroatoms. The van der Waals surface area contributed by atoms with E-state index in [2.05, 4.69) is 33.4 Å². The predicted octanol–water partition coefficient (Wildman–Crippen LogP) is 2.87. The SMILES string of the molecule is Cc1ccnc(N2CCC3(CNc4ccccc43)C2)c1[N+](=O)[O-]. The maximum atomic E-state index is 11.4. The largest absolute Gasteiger partial charge is 0.384 e. The summed E-state index contributed by atoms with van der Waals surface area (Å²) in [5.74, 6) is 0.497. The lowest BCUT2D eigenvalue weighted by atomic mass is 9.82. The van der Waals surface area contributed by atoms with Crippen LogP contribution in [0, 0.1) is 17.0 Å². The van der Waals surface area contributed by atoms with E-state index >= 15 is 0 Å². The molecule has 3 heterocycles. The van der Waals surface area contributed by atoms with Gasteiger partial charge < -0.3 is 10.2 Å². The summed E-state index contributed by atoms with van der Waals surface area (Å²) in [7, 11) is 0. The van der Waals surface area contributed by atoms with E-state index in [1.54, 1.807) is 19.2 Å². The van der Waals surface area contributed by atoms with Gasteiger partial charge in [0.25, 0.3) is 0 Å². The summed E-state index contributed by atoms with van der Waals surface area (Å²) in [5.41, 5.74) is 3.31. The number of anilines is 2. The van der Waals surface area contributed by atoms with Gasteiger partial charge in [-0.2, -0.15) is 0 Å². The first kappa shape index (κ1) is 14.0. The summed E-state index contributed by atoms with van der Waals surface area (Å²) in [6.07, 6.45) is 2.63. The molecule has 0 bridgehead atoms. The Labute approximate surface area is 134 Å². The monoisotopic (exact) mass is 310 g/mol. The van der Waals surface area contributed by atoms with Crippen molar-refractivity contribution < 1.29 is 4.92 Å². The Hall–Kier alpha value is -2.63. The van der Waals surface area contributed by atoms with E-state index in [0.717, 1.165) is 26.1 Å². The molecule has 1 saturated heterocycles. The third-order valence-corrected chi connectivity index (χ3v) is 5.06. The Balaban J connectivity index is 1.71. The van der Waals surface area contributed by atoms with E-state index in [1.165, 1.54) is 11.3 Å². The Bertz CT molecular complexity index is 792. The Morgan fingerprint density at radius 3 is 3.00 bits per heavy atom. The van der Waals surface area contributed by atoms with Gasteiger partial charge in [-0.1, -0.05) is 18.2 Å². The molecule has 1 N–H and O–H groups in total.